The van der Waals surface area contributed by atoms with E-state index in [1.807, 2.05) is 0 Å². The summed E-state index contributed by atoms with van der Waals surface area (Å²) in [6, 6.07) is 9.00. The summed E-state index contributed by atoms with van der Waals surface area (Å²) in [5, 5.41) is 2.11. The van der Waals surface area contributed by atoms with Crippen LogP contribution in [0.4, 0.5) is 5.69 Å². The Labute approximate surface area is 153 Å². The van der Waals surface area contributed by atoms with Crippen molar-refractivity contribution in [1.29, 1.82) is 0 Å². The van der Waals surface area contributed by atoms with Gasteiger partial charge in [0.2, 0.25) is 5.69 Å². The lowest BCUT2D eigenvalue weighted by molar-refractivity contribution is -0.439. The van der Waals surface area contributed by atoms with Crippen LogP contribution in [0.3, 0.4) is 0 Å². The third kappa shape index (κ3) is 3.57. The zero-order valence-electron chi connectivity index (χ0n) is 14.8. The van der Waals surface area contributed by atoms with Gasteiger partial charge in [-0.2, -0.15) is 4.58 Å². The van der Waals surface area contributed by atoms with E-state index in [0.717, 1.165) is 37.1 Å². The highest BCUT2D eigenvalue weighted by atomic mass is 32.2. The number of hydrogen-bond acceptors (Lipinski definition) is 4. The van der Waals surface area contributed by atoms with E-state index in [2.05, 4.69) is 42.9 Å². The lowest BCUT2D eigenvalue weighted by Gasteiger charge is -2.16. The van der Waals surface area contributed by atoms with Crippen LogP contribution in [0, 0.1) is 0 Å². The first-order valence-electron chi connectivity index (χ1n) is 8.45. The molecular weight excluding hydrogens is 354 g/mol. The number of rotatable bonds is 6. The minimum absolute atomic E-state index is 0.147. The molecule has 1 aromatic carbocycles. The zero-order valence-corrected chi connectivity index (χ0v) is 16.4. The molecule has 0 radical (unpaired) electrons. The molecule has 3 rings (SSSR count). The third-order valence-electron chi connectivity index (χ3n) is 5.17. The van der Waals surface area contributed by atoms with Gasteiger partial charge in [-0.05, 0) is 50.3 Å². The van der Waals surface area contributed by atoms with E-state index in [1.165, 1.54) is 16.7 Å². The minimum Gasteiger partial charge on any atom is -0.744 e. The second kappa shape index (κ2) is 6.67. The Morgan fingerprint density at radius 3 is 2.60 bits per heavy atom. The molecule has 6 heteroatoms. The van der Waals surface area contributed by atoms with Gasteiger partial charge < -0.3 is 4.55 Å². The van der Waals surface area contributed by atoms with Crippen molar-refractivity contribution in [2.24, 2.45) is 0 Å². The van der Waals surface area contributed by atoms with Crippen LogP contribution in [0.5, 0.6) is 0 Å². The van der Waals surface area contributed by atoms with Crippen molar-refractivity contribution in [2.45, 2.75) is 50.3 Å². The molecule has 25 heavy (non-hydrogen) atoms. The fourth-order valence-electron chi connectivity index (χ4n) is 3.43. The molecule has 0 amide bonds. The van der Waals surface area contributed by atoms with E-state index in [4.69, 9.17) is 0 Å². The molecule has 0 fully saturated rings. The summed E-state index contributed by atoms with van der Waals surface area (Å²) in [6.45, 7) is 7.14. The quantitative estimate of drug-likeness (QED) is 0.433. The SMILES string of the molecule is CC1=[N+](CCCCc2cccs2)c2ccc(S(=O)(=O)[O-])cc2C1(C)C. The Morgan fingerprint density at radius 2 is 1.96 bits per heavy atom. The van der Waals surface area contributed by atoms with Crippen LogP contribution in [0.2, 0.25) is 0 Å². The average Bonchev–Trinajstić information content (AvgIpc) is 3.11. The summed E-state index contributed by atoms with van der Waals surface area (Å²) in [5.74, 6) is 0. The molecule has 0 spiro atoms. The number of aryl methyl sites for hydroxylation is 1. The van der Waals surface area contributed by atoms with E-state index < -0.39 is 10.1 Å². The first-order valence-corrected chi connectivity index (χ1v) is 10.7. The molecular formula is C19H23NO3S2. The summed E-state index contributed by atoms with van der Waals surface area (Å²) < 4.78 is 36.3. The maximum atomic E-state index is 11.4. The second-order valence-electron chi connectivity index (χ2n) is 7.03. The third-order valence-corrected chi connectivity index (χ3v) is 6.93. The molecule has 2 aromatic rings. The number of unbranched alkanes of at least 4 members (excludes halogenated alkanes) is 1. The van der Waals surface area contributed by atoms with Crippen molar-refractivity contribution in [2.75, 3.05) is 6.54 Å². The minimum atomic E-state index is -4.43. The molecule has 0 atom stereocenters. The van der Waals surface area contributed by atoms with Gasteiger partial charge in [0, 0.05) is 29.9 Å². The standard InChI is InChI=1S/C19H23NO3S2/c1-14-19(2,3)17-13-16(25(21,22)23)9-10-18(17)20(14)11-5-4-7-15-8-6-12-24-15/h6,8-10,12-13H,4-5,7,11H2,1-3H3. The molecule has 1 aliphatic rings. The van der Waals surface area contributed by atoms with Gasteiger partial charge in [0.1, 0.15) is 16.7 Å². The van der Waals surface area contributed by atoms with Crippen LogP contribution < -0.4 is 0 Å². The maximum Gasteiger partial charge on any atom is 0.209 e. The van der Waals surface area contributed by atoms with E-state index >= 15 is 0 Å². The molecule has 4 nitrogen and oxygen atoms in total. The molecule has 1 aliphatic heterocycles. The first-order chi connectivity index (χ1) is 11.7. The van der Waals surface area contributed by atoms with Crippen LogP contribution in [0.25, 0.3) is 0 Å². The fourth-order valence-corrected chi connectivity index (χ4v) is 4.68. The van der Waals surface area contributed by atoms with Crippen molar-refractivity contribution in [3.8, 4) is 0 Å². The van der Waals surface area contributed by atoms with Gasteiger partial charge in [-0.25, -0.2) is 8.42 Å². The normalized spacial score (nSPS) is 16.3. The Balaban J connectivity index is 1.80. The Morgan fingerprint density at radius 1 is 1.20 bits per heavy atom. The van der Waals surface area contributed by atoms with E-state index in [0.29, 0.717) is 0 Å². The predicted octanol–water partition coefficient (Wildman–Crippen LogP) is 4.07. The monoisotopic (exact) mass is 377 g/mol. The predicted molar refractivity (Wildman–Crippen MR) is 100 cm³/mol. The summed E-state index contributed by atoms with van der Waals surface area (Å²) in [5.41, 5.74) is 2.86. The maximum absolute atomic E-state index is 11.4. The number of hydrogen-bond donors (Lipinski definition) is 0. The highest BCUT2D eigenvalue weighted by Crippen LogP contribution is 2.40. The summed E-state index contributed by atoms with van der Waals surface area (Å²) in [7, 11) is -4.43. The molecule has 0 unspecified atom stereocenters. The van der Waals surface area contributed by atoms with Gasteiger partial charge >= 0.3 is 0 Å². The second-order valence-corrected chi connectivity index (χ2v) is 9.44. The summed E-state index contributed by atoms with van der Waals surface area (Å²) in [6.07, 6.45) is 3.27. The highest BCUT2D eigenvalue weighted by Gasteiger charge is 2.43. The van der Waals surface area contributed by atoms with Crippen LogP contribution in [-0.4, -0.2) is 29.8 Å². The molecule has 2 heterocycles. The molecule has 0 N–H and O–H groups in total. The molecule has 0 bridgehead atoms. The topological polar surface area (TPSA) is 60.2 Å². The Hall–Kier alpha value is -1.50. The highest BCUT2D eigenvalue weighted by molar-refractivity contribution is 7.85. The van der Waals surface area contributed by atoms with Crippen molar-refractivity contribution in [1.82, 2.24) is 0 Å². The van der Waals surface area contributed by atoms with Crippen molar-refractivity contribution in [3.63, 3.8) is 0 Å². The zero-order chi connectivity index (χ0) is 18.2. The van der Waals surface area contributed by atoms with Crippen LogP contribution in [0.1, 0.15) is 44.1 Å². The van der Waals surface area contributed by atoms with Gasteiger partial charge in [0.25, 0.3) is 0 Å². The van der Waals surface area contributed by atoms with Crippen molar-refractivity contribution >= 4 is 32.9 Å². The van der Waals surface area contributed by atoms with Crippen LogP contribution >= 0.6 is 11.3 Å². The van der Waals surface area contributed by atoms with Gasteiger partial charge in [0.15, 0.2) is 5.71 Å². The van der Waals surface area contributed by atoms with Crippen molar-refractivity contribution < 1.29 is 17.5 Å². The van der Waals surface area contributed by atoms with Gasteiger partial charge in [-0.3, -0.25) is 0 Å². The summed E-state index contributed by atoms with van der Waals surface area (Å²) in [4.78, 5) is 1.26. The Bertz CT molecular complexity index is 910. The van der Waals surface area contributed by atoms with Gasteiger partial charge in [-0.1, -0.05) is 6.07 Å². The number of fused-ring (bicyclic) bond motifs is 1. The van der Waals surface area contributed by atoms with Gasteiger partial charge in [0.05, 0.1) is 10.3 Å². The van der Waals surface area contributed by atoms with Crippen molar-refractivity contribution in [3.05, 3.63) is 46.2 Å². The molecule has 134 valence electrons. The number of thiophene rings is 1. The smallest absolute Gasteiger partial charge is 0.209 e. The molecule has 0 saturated heterocycles. The molecule has 0 saturated carbocycles. The summed E-state index contributed by atoms with van der Waals surface area (Å²) >= 11 is 1.79. The fraction of sp³-hybridized carbons (Fsp3) is 0.421. The molecule has 1 aromatic heterocycles. The lowest BCUT2D eigenvalue weighted by atomic mass is 9.82. The number of nitrogens with zero attached hydrogens (tertiary/aromatic N) is 1. The van der Waals surface area contributed by atoms with E-state index in [9.17, 15) is 13.0 Å². The first kappa shape index (κ1) is 18.3. The van der Waals surface area contributed by atoms with E-state index in [1.54, 1.807) is 23.5 Å². The van der Waals surface area contributed by atoms with Gasteiger partial charge in [-0.15, -0.1) is 11.3 Å². The van der Waals surface area contributed by atoms with Crippen LogP contribution in [0.15, 0.2) is 40.6 Å². The largest absolute Gasteiger partial charge is 0.744 e. The lowest BCUT2D eigenvalue weighted by Crippen LogP contribution is -2.26. The average molecular weight is 378 g/mol. The van der Waals surface area contributed by atoms with E-state index in [-0.39, 0.29) is 10.3 Å². The Kier molecular flexibility index (Phi) is 4.88. The number of benzene rings is 1. The van der Waals surface area contributed by atoms with Crippen LogP contribution in [-0.2, 0) is 22.0 Å². The molecule has 0 aliphatic carbocycles.